The normalized spacial score (nSPS) is 24.1. The van der Waals surface area contributed by atoms with Crippen molar-refractivity contribution in [2.45, 2.75) is 26.2 Å². The third-order valence-corrected chi connectivity index (χ3v) is 3.35. The Kier molecular flexibility index (Phi) is 2.47. The number of benzene rings is 1. The van der Waals surface area contributed by atoms with Crippen molar-refractivity contribution in [2.24, 2.45) is 5.41 Å². The second kappa shape index (κ2) is 3.65. The number of carbonyl (C=O) groups excluding carboxylic acids is 1. The van der Waals surface area contributed by atoms with Gasteiger partial charge in [-0.1, -0.05) is 50.3 Å². The fourth-order valence-electron chi connectivity index (χ4n) is 2.23. The second-order valence-corrected chi connectivity index (χ2v) is 4.69. The maximum atomic E-state index is 11.8. The van der Waals surface area contributed by atoms with E-state index in [1.54, 1.807) is 6.08 Å². The van der Waals surface area contributed by atoms with Crippen LogP contribution in [0.5, 0.6) is 0 Å². The molecule has 2 rings (SSSR count). The van der Waals surface area contributed by atoms with Gasteiger partial charge in [-0.2, -0.15) is 0 Å². The average molecular weight is 200 g/mol. The number of carbonyl (C=O) groups is 1. The average Bonchev–Trinajstić information content (AvgIpc) is 2.23. The molecule has 78 valence electrons. The van der Waals surface area contributed by atoms with Crippen LogP contribution < -0.4 is 0 Å². The molecule has 0 saturated heterocycles. The molecule has 0 fully saturated rings. The molecule has 1 aliphatic rings. The Bertz CT molecular complexity index is 387. The minimum atomic E-state index is -0.268. The fraction of sp³-hybridized carbons (Fsp3) is 0.357. The van der Waals surface area contributed by atoms with Gasteiger partial charge in [0.25, 0.3) is 0 Å². The molecule has 0 N–H and O–H groups in total. The maximum absolute atomic E-state index is 11.8. The highest BCUT2D eigenvalue weighted by atomic mass is 16.1. The molecule has 1 nitrogen and oxygen atoms in total. The third kappa shape index (κ3) is 1.74. The molecule has 15 heavy (non-hydrogen) atoms. The molecular formula is C14H16O. The van der Waals surface area contributed by atoms with Crippen molar-refractivity contribution < 1.29 is 4.79 Å². The highest BCUT2D eigenvalue weighted by molar-refractivity contribution is 5.96. The van der Waals surface area contributed by atoms with Crippen molar-refractivity contribution in [3.05, 3.63) is 48.0 Å². The lowest BCUT2D eigenvalue weighted by Crippen LogP contribution is -2.32. The fourth-order valence-corrected chi connectivity index (χ4v) is 2.23. The zero-order valence-corrected chi connectivity index (χ0v) is 9.23. The largest absolute Gasteiger partial charge is 0.294 e. The minimum absolute atomic E-state index is 0.239. The molecule has 1 atom stereocenters. The zero-order valence-electron chi connectivity index (χ0n) is 9.23. The highest BCUT2D eigenvalue weighted by Gasteiger charge is 2.37. The lowest BCUT2D eigenvalue weighted by Gasteiger charge is -2.34. The van der Waals surface area contributed by atoms with Gasteiger partial charge in [-0.25, -0.2) is 0 Å². The van der Waals surface area contributed by atoms with Crippen LogP contribution in [-0.2, 0) is 4.79 Å². The van der Waals surface area contributed by atoms with Gasteiger partial charge in [0.1, 0.15) is 0 Å². The number of hydrogen-bond donors (Lipinski definition) is 0. The molecule has 1 aromatic rings. The first-order chi connectivity index (χ1) is 7.12. The van der Waals surface area contributed by atoms with Crippen LogP contribution in [0.4, 0.5) is 0 Å². The maximum Gasteiger partial charge on any atom is 0.161 e. The van der Waals surface area contributed by atoms with E-state index in [1.165, 1.54) is 5.56 Å². The lowest BCUT2D eigenvalue weighted by atomic mass is 9.68. The standard InChI is InChI=1S/C14H16O/c1-14(2)12(9-6-10-13(14)15)11-7-4-3-5-8-11/h3-8,10,12H,9H2,1-2H3. The Hall–Kier alpha value is -1.37. The Labute approximate surface area is 90.8 Å². The molecule has 1 aliphatic carbocycles. The molecule has 0 bridgehead atoms. The van der Waals surface area contributed by atoms with Crippen molar-refractivity contribution in [3.8, 4) is 0 Å². The van der Waals surface area contributed by atoms with Crippen LogP contribution in [0.1, 0.15) is 31.7 Å². The predicted octanol–water partition coefficient (Wildman–Crippen LogP) is 3.33. The van der Waals surface area contributed by atoms with Gasteiger partial charge in [-0.3, -0.25) is 4.79 Å². The summed E-state index contributed by atoms with van der Waals surface area (Å²) in [6.07, 6.45) is 4.67. The summed E-state index contributed by atoms with van der Waals surface area (Å²) in [6, 6.07) is 10.3. The molecule has 0 amide bonds. The Balaban J connectivity index is 2.38. The first-order valence-corrected chi connectivity index (χ1v) is 5.38. The molecule has 0 aliphatic heterocycles. The molecular weight excluding hydrogens is 184 g/mol. The number of hydrogen-bond acceptors (Lipinski definition) is 1. The summed E-state index contributed by atoms with van der Waals surface area (Å²) >= 11 is 0. The summed E-state index contributed by atoms with van der Waals surface area (Å²) in [6.45, 7) is 4.08. The minimum Gasteiger partial charge on any atom is -0.294 e. The quantitative estimate of drug-likeness (QED) is 0.679. The summed E-state index contributed by atoms with van der Waals surface area (Å²) in [4.78, 5) is 11.8. The van der Waals surface area contributed by atoms with E-state index in [2.05, 4.69) is 12.1 Å². The molecule has 0 radical (unpaired) electrons. The van der Waals surface area contributed by atoms with Crippen molar-refractivity contribution in [1.29, 1.82) is 0 Å². The van der Waals surface area contributed by atoms with Crippen LogP contribution in [0.15, 0.2) is 42.5 Å². The van der Waals surface area contributed by atoms with Gasteiger partial charge in [0.15, 0.2) is 5.78 Å². The van der Waals surface area contributed by atoms with E-state index in [9.17, 15) is 4.79 Å². The summed E-state index contributed by atoms with van der Waals surface area (Å²) in [5.74, 6) is 0.554. The topological polar surface area (TPSA) is 17.1 Å². The lowest BCUT2D eigenvalue weighted by molar-refractivity contribution is -0.123. The van der Waals surface area contributed by atoms with Crippen LogP contribution in [0.2, 0.25) is 0 Å². The molecule has 1 heteroatoms. The van der Waals surface area contributed by atoms with Crippen molar-refractivity contribution in [2.75, 3.05) is 0 Å². The van der Waals surface area contributed by atoms with Gasteiger partial charge in [0.2, 0.25) is 0 Å². The van der Waals surface area contributed by atoms with Crippen molar-refractivity contribution in [3.63, 3.8) is 0 Å². The molecule has 0 aromatic heterocycles. The number of allylic oxidation sites excluding steroid dienone is 2. The van der Waals surface area contributed by atoms with E-state index in [0.29, 0.717) is 5.92 Å². The molecule has 0 spiro atoms. The van der Waals surface area contributed by atoms with Gasteiger partial charge >= 0.3 is 0 Å². The summed E-state index contributed by atoms with van der Waals surface area (Å²) in [5, 5.41) is 0. The monoisotopic (exact) mass is 200 g/mol. The van der Waals surface area contributed by atoms with E-state index in [-0.39, 0.29) is 11.2 Å². The zero-order chi connectivity index (χ0) is 10.9. The summed E-state index contributed by atoms with van der Waals surface area (Å²) in [5.41, 5.74) is 0.996. The van der Waals surface area contributed by atoms with E-state index in [4.69, 9.17) is 0 Å². The first kappa shape index (κ1) is 10.2. The summed E-state index contributed by atoms with van der Waals surface area (Å²) in [7, 11) is 0. The van der Waals surface area contributed by atoms with Gasteiger partial charge in [0, 0.05) is 5.41 Å². The molecule has 0 saturated carbocycles. The van der Waals surface area contributed by atoms with E-state index >= 15 is 0 Å². The van der Waals surface area contributed by atoms with E-state index in [0.717, 1.165) is 6.42 Å². The van der Waals surface area contributed by atoms with Crippen molar-refractivity contribution >= 4 is 5.78 Å². The van der Waals surface area contributed by atoms with Gasteiger partial charge < -0.3 is 0 Å². The molecule has 1 unspecified atom stereocenters. The number of rotatable bonds is 1. The first-order valence-electron chi connectivity index (χ1n) is 5.38. The predicted molar refractivity (Wildman–Crippen MR) is 61.7 cm³/mol. The summed E-state index contributed by atoms with van der Waals surface area (Å²) < 4.78 is 0. The van der Waals surface area contributed by atoms with Crippen LogP contribution in [-0.4, -0.2) is 5.78 Å². The number of ketones is 1. The molecule has 1 aromatic carbocycles. The molecule has 0 heterocycles. The smallest absolute Gasteiger partial charge is 0.161 e. The second-order valence-electron chi connectivity index (χ2n) is 4.69. The van der Waals surface area contributed by atoms with Gasteiger partial charge in [-0.05, 0) is 24.0 Å². The van der Waals surface area contributed by atoms with E-state index < -0.39 is 0 Å². The van der Waals surface area contributed by atoms with E-state index in [1.807, 2.05) is 38.1 Å². The SMILES string of the molecule is CC1(C)C(=O)C=CCC1c1ccccc1. The highest BCUT2D eigenvalue weighted by Crippen LogP contribution is 2.41. The van der Waals surface area contributed by atoms with Gasteiger partial charge in [-0.15, -0.1) is 0 Å². The van der Waals surface area contributed by atoms with Crippen LogP contribution in [0, 0.1) is 5.41 Å². The Morgan fingerprint density at radius 3 is 2.53 bits per heavy atom. The van der Waals surface area contributed by atoms with Crippen LogP contribution in [0.3, 0.4) is 0 Å². The van der Waals surface area contributed by atoms with Crippen LogP contribution >= 0.6 is 0 Å². The van der Waals surface area contributed by atoms with Crippen molar-refractivity contribution in [1.82, 2.24) is 0 Å². The Morgan fingerprint density at radius 2 is 1.87 bits per heavy atom. The Morgan fingerprint density at radius 1 is 1.20 bits per heavy atom. The van der Waals surface area contributed by atoms with Crippen LogP contribution in [0.25, 0.3) is 0 Å². The third-order valence-electron chi connectivity index (χ3n) is 3.35. The van der Waals surface area contributed by atoms with Gasteiger partial charge in [0.05, 0.1) is 0 Å².